The molecule has 2 bridgehead atoms. The summed E-state index contributed by atoms with van der Waals surface area (Å²) in [5, 5.41) is 0. The number of fused-ring (bicyclic) bond motifs is 2. The fraction of sp³-hybridized carbons (Fsp3) is 0.464. The zero-order chi connectivity index (χ0) is 24.0. The van der Waals surface area contributed by atoms with E-state index in [2.05, 4.69) is 25.7 Å². The lowest BCUT2D eigenvalue weighted by Crippen LogP contribution is -2.37. The largest absolute Gasteiger partial charge is 0.337 e. The monoisotopic (exact) mass is 446 g/mol. The molecule has 1 aliphatic carbocycles. The molecule has 2 aliphatic rings. The molecule has 0 N–H and O–H groups in total. The van der Waals surface area contributed by atoms with Gasteiger partial charge in [-0.1, -0.05) is 45.0 Å². The molecular weight excluding hydrogens is 412 g/mol. The second-order valence-electron chi connectivity index (χ2n) is 11.1. The Kier molecular flexibility index (Phi) is 5.94. The van der Waals surface area contributed by atoms with Gasteiger partial charge in [-0.15, -0.1) is 0 Å². The highest BCUT2D eigenvalue weighted by molar-refractivity contribution is 5.99. The van der Waals surface area contributed by atoms with Gasteiger partial charge in [-0.05, 0) is 66.8 Å². The maximum atomic E-state index is 13.3. The highest BCUT2D eigenvalue weighted by Gasteiger charge is 2.51. The Morgan fingerprint density at radius 2 is 1.64 bits per heavy atom. The number of nitrogens with zero attached hydrogens (tertiary/aromatic N) is 2. The molecule has 1 aliphatic heterocycles. The molecule has 4 rings (SSSR count). The molecule has 5 heteroatoms. The van der Waals surface area contributed by atoms with Gasteiger partial charge in [0, 0.05) is 42.9 Å². The van der Waals surface area contributed by atoms with Crippen LogP contribution in [0, 0.1) is 10.8 Å². The van der Waals surface area contributed by atoms with E-state index in [0.29, 0.717) is 29.3 Å². The Morgan fingerprint density at radius 3 is 2.30 bits per heavy atom. The standard InChI is InChI=1S/C28H34N2O3/c1-19(31)22-7-6-8-23(13-22)25(32)29(5)16-20-9-11-21(12-10-20)26(33)30-18-28(4)15-24(30)14-27(2,3)17-28/h6-13,24H,14-18H2,1-5H3. The summed E-state index contributed by atoms with van der Waals surface area (Å²) in [4.78, 5) is 41.4. The van der Waals surface area contributed by atoms with Crippen molar-refractivity contribution in [3.8, 4) is 0 Å². The normalized spacial score (nSPS) is 23.3. The van der Waals surface area contributed by atoms with E-state index in [4.69, 9.17) is 0 Å². The molecule has 174 valence electrons. The highest BCUT2D eigenvalue weighted by Crippen LogP contribution is 2.52. The number of carbonyl (C=O) groups excluding carboxylic acids is 3. The maximum Gasteiger partial charge on any atom is 0.254 e. The molecule has 1 heterocycles. The Bertz CT molecular complexity index is 1090. The van der Waals surface area contributed by atoms with Crippen LogP contribution in [0.5, 0.6) is 0 Å². The van der Waals surface area contributed by atoms with E-state index in [1.165, 1.54) is 6.92 Å². The Balaban J connectivity index is 1.42. The zero-order valence-corrected chi connectivity index (χ0v) is 20.4. The van der Waals surface area contributed by atoms with Crippen molar-refractivity contribution < 1.29 is 14.4 Å². The van der Waals surface area contributed by atoms with Crippen molar-refractivity contribution in [2.45, 2.75) is 59.5 Å². The first-order valence-corrected chi connectivity index (χ1v) is 11.7. The SMILES string of the molecule is CC(=O)c1cccc(C(=O)N(C)Cc2ccc(C(=O)N3CC4(C)CC3CC(C)(C)C4)cc2)c1. The van der Waals surface area contributed by atoms with Gasteiger partial charge < -0.3 is 9.80 Å². The lowest BCUT2D eigenvalue weighted by Gasteiger charge is -2.39. The fourth-order valence-electron chi connectivity index (χ4n) is 6.05. The number of hydrogen-bond acceptors (Lipinski definition) is 3. The highest BCUT2D eigenvalue weighted by atomic mass is 16.2. The molecule has 2 aromatic carbocycles. The van der Waals surface area contributed by atoms with Crippen molar-refractivity contribution in [1.82, 2.24) is 9.80 Å². The van der Waals surface area contributed by atoms with Crippen LogP contribution in [0.3, 0.4) is 0 Å². The lowest BCUT2D eigenvalue weighted by atomic mass is 9.65. The zero-order valence-electron chi connectivity index (χ0n) is 20.4. The fourth-order valence-corrected chi connectivity index (χ4v) is 6.05. The van der Waals surface area contributed by atoms with Crippen LogP contribution in [-0.4, -0.2) is 47.0 Å². The van der Waals surface area contributed by atoms with E-state index in [1.807, 2.05) is 24.3 Å². The summed E-state index contributed by atoms with van der Waals surface area (Å²) in [5.41, 5.74) is 3.17. The van der Waals surface area contributed by atoms with Gasteiger partial charge in [0.25, 0.3) is 11.8 Å². The minimum atomic E-state index is -0.140. The molecule has 1 saturated heterocycles. The summed E-state index contributed by atoms with van der Waals surface area (Å²) >= 11 is 0. The third-order valence-electron chi connectivity index (χ3n) is 7.16. The quantitative estimate of drug-likeness (QED) is 0.593. The molecule has 5 nitrogen and oxygen atoms in total. The van der Waals surface area contributed by atoms with E-state index >= 15 is 0 Å². The van der Waals surface area contributed by atoms with E-state index in [9.17, 15) is 14.4 Å². The average Bonchev–Trinajstić information content (AvgIpc) is 3.01. The van der Waals surface area contributed by atoms with Crippen LogP contribution >= 0.6 is 0 Å². The minimum absolute atomic E-state index is 0.0629. The van der Waals surface area contributed by atoms with E-state index in [1.54, 1.807) is 36.2 Å². The average molecular weight is 447 g/mol. The van der Waals surface area contributed by atoms with Gasteiger partial charge in [0.1, 0.15) is 0 Å². The second kappa shape index (κ2) is 8.44. The predicted octanol–water partition coefficient (Wildman–Crippen LogP) is 5.20. The molecule has 0 aromatic heterocycles. The molecule has 0 spiro atoms. The van der Waals surface area contributed by atoms with Crippen LogP contribution in [0.1, 0.15) is 83.6 Å². The molecular formula is C28H34N2O3. The van der Waals surface area contributed by atoms with Gasteiger partial charge in [0.05, 0.1) is 0 Å². The van der Waals surface area contributed by atoms with Crippen molar-refractivity contribution >= 4 is 17.6 Å². The molecule has 2 fully saturated rings. The number of Topliss-reactive ketones (excluding diaryl/α,β-unsaturated/α-hetero) is 1. The predicted molar refractivity (Wildman–Crippen MR) is 129 cm³/mol. The third kappa shape index (κ3) is 4.87. The topological polar surface area (TPSA) is 57.7 Å². The summed E-state index contributed by atoms with van der Waals surface area (Å²) < 4.78 is 0. The number of benzene rings is 2. The molecule has 0 radical (unpaired) electrons. The van der Waals surface area contributed by atoms with Gasteiger partial charge in [0.15, 0.2) is 5.78 Å². The van der Waals surface area contributed by atoms with Gasteiger partial charge in [-0.2, -0.15) is 0 Å². The third-order valence-corrected chi connectivity index (χ3v) is 7.16. The summed E-state index contributed by atoms with van der Waals surface area (Å²) in [6.07, 6.45) is 3.32. The van der Waals surface area contributed by atoms with Gasteiger partial charge in [-0.25, -0.2) is 0 Å². The molecule has 2 atom stereocenters. The smallest absolute Gasteiger partial charge is 0.254 e. The van der Waals surface area contributed by atoms with Crippen molar-refractivity contribution in [3.63, 3.8) is 0 Å². The van der Waals surface area contributed by atoms with Crippen LogP contribution in [0.2, 0.25) is 0 Å². The first-order valence-electron chi connectivity index (χ1n) is 11.7. The number of ketones is 1. The number of amides is 2. The maximum absolute atomic E-state index is 13.3. The summed E-state index contributed by atoms with van der Waals surface area (Å²) in [7, 11) is 1.74. The van der Waals surface area contributed by atoms with Crippen molar-refractivity contribution in [2.75, 3.05) is 13.6 Å². The van der Waals surface area contributed by atoms with Crippen LogP contribution in [0.15, 0.2) is 48.5 Å². The van der Waals surface area contributed by atoms with Crippen LogP contribution in [-0.2, 0) is 6.54 Å². The molecule has 33 heavy (non-hydrogen) atoms. The number of rotatable bonds is 5. The van der Waals surface area contributed by atoms with Crippen LogP contribution < -0.4 is 0 Å². The summed E-state index contributed by atoms with van der Waals surface area (Å²) in [6.45, 7) is 9.69. The van der Waals surface area contributed by atoms with E-state index in [-0.39, 0.29) is 28.4 Å². The lowest BCUT2D eigenvalue weighted by molar-refractivity contribution is 0.0706. The van der Waals surface area contributed by atoms with Gasteiger partial charge >= 0.3 is 0 Å². The van der Waals surface area contributed by atoms with E-state index in [0.717, 1.165) is 31.4 Å². The Labute approximate surface area is 196 Å². The van der Waals surface area contributed by atoms with Crippen LogP contribution in [0.25, 0.3) is 0 Å². The van der Waals surface area contributed by atoms with Gasteiger partial charge in [-0.3, -0.25) is 14.4 Å². The Hall–Kier alpha value is -2.95. The summed E-state index contributed by atoms with van der Waals surface area (Å²) in [6, 6.07) is 14.7. The van der Waals surface area contributed by atoms with Crippen molar-refractivity contribution in [3.05, 3.63) is 70.8 Å². The first-order chi connectivity index (χ1) is 15.5. The summed E-state index contributed by atoms with van der Waals surface area (Å²) in [5.74, 6) is -0.0936. The van der Waals surface area contributed by atoms with Crippen molar-refractivity contribution in [1.29, 1.82) is 0 Å². The number of likely N-dealkylation sites (tertiary alicyclic amines) is 1. The van der Waals surface area contributed by atoms with Crippen LogP contribution in [0.4, 0.5) is 0 Å². The molecule has 1 saturated carbocycles. The first kappa shape index (κ1) is 23.2. The van der Waals surface area contributed by atoms with Gasteiger partial charge in [0.2, 0.25) is 0 Å². The number of hydrogen-bond donors (Lipinski definition) is 0. The second-order valence-corrected chi connectivity index (χ2v) is 11.1. The molecule has 2 unspecified atom stereocenters. The number of carbonyl (C=O) groups is 3. The Morgan fingerprint density at radius 1 is 0.970 bits per heavy atom. The van der Waals surface area contributed by atoms with E-state index < -0.39 is 0 Å². The molecule has 2 amide bonds. The molecule has 2 aromatic rings. The minimum Gasteiger partial charge on any atom is -0.337 e. The van der Waals surface area contributed by atoms with Crippen molar-refractivity contribution in [2.24, 2.45) is 10.8 Å².